The second-order valence-corrected chi connectivity index (χ2v) is 6.39. The van der Waals surface area contributed by atoms with E-state index in [0.29, 0.717) is 19.1 Å². The molecule has 0 unspecified atom stereocenters. The summed E-state index contributed by atoms with van der Waals surface area (Å²) < 4.78 is 5.63. The molecule has 0 spiro atoms. The predicted octanol–water partition coefficient (Wildman–Crippen LogP) is 2.20. The minimum Gasteiger partial charge on any atom is -0.494 e. The molecule has 0 heterocycles. The Kier molecular flexibility index (Phi) is 6.00. The Hall–Kier alpha value is -2.06. The second-order valence-electron chi connectivity index (χ2n) is 6.39. The number of benzene rings is 1. The Morgan fingerprint density at radius 2 is 2.13 bits per heavy atom. The SMILES string of the molecule is CN(CCCOc1ccccc1)CC(=O)N[C@](C)(C#N)C1CC1. The van der Waals surface area contributed by atoms with Gasteiger partial charge in [0.15, 0.2) is 0 Å². The first-order chi connectivity index (χ1) is 11.0. The Balaban J connectivity index is 1.63. The van der Waals surface area contributed by atoms with Crippen LogP contribution < -0.4 is 10.1 Å². The third-order valence-corrected chi connectivity index (χ3v) is 4.13. The van der Waals surface area contributed by atoms with Crippen LogP contribution in [0.4, 0.5) is 0 Å². The lowest BCUT2D eigenvalue weighted by atomic mass is 9.98. The summed E-state index contributed by atoms with van der Waals surface area (Å²) in [6, 6.07) is 11.9. The molecule has 124 valence electrons. The number of nitrogens with zero attached hydrogens (tertiary/aromatic N) is 2. The summed E-state index contributed by atoms with van der Waals surface area (Å²) in [4.78, 5) is 14.0. The Labute approximate surface area is 138 Å². The number of rotatable bonds is 9. The monoisotopic (exact) mass is 315 g/mol. The second kappa shape index (κ2) is 7.98. The molecule has 1 aliphatic rings. The largest absolute Gasteiger partial charge is 0.494 e. The van der Waals surface area contributed by atoms with Crippen molar-refractivity contribution in [1.29, 1.82) is 5.26 Å². The van der Waals surface area contributed by atoms with Crippen molar-refractivity contribution in [1.82, 2.24) is 10.2 Å². The van der Waals surface area contributed by atoms with Crippen LogP contribution in [-0.2, 0) is 4.79 Å². The van der Waals surface area contributed by atoms with E-state index in [1.165, 1.54) is 0 Å². The summed E-state index contributed by atoms with van der Waals surface area (Å²) in [5.41, 5.74) is -0.714. The van der Waals surface area contributed by atoms with Crippen molar-refractivity contribution >= 4 is 5.91 Å². The quantitative estimate of drug-likeness (QED) is 0.710. The number of amides is 1. The molecule has 0 bridgehead atoms. The van der Waals surface area contributed by atoms with Gasteiger partial charge in [0.1, 0.15) is 11.3 Å². The van der Waals surface area contributed by atoms with Gasteiger partial charge in [-0.05, 0) is 51.3 Å². The molecule has 1 aromatic rings. The van der Waals surface area contributed by atoms with Crippen molar-refractivity contribution in [2.75, 3.05) is 26.7 Å². The van der Waals surface area contributed by atoms with Crippen LogP contribution in [0.5, 0.6) is 5.75 Å². The van der Waals surface area contributed by atoms with Crippen molar-refractivity contribution in [3.05, 3.63) is 30.3 Å². The number of likely N-dealkylation sites (N-methyl/N-ethyl adjacent to an activating group) is 1. The molecule has 1 N–H and O–H groups in total. The van der Waals surface area contributed by atoms with E-state index in [1.54, 1.807) is 0 Å². The molecule has 1 amide bonds. The topological polar surface area (TPSA) is 65.4 Å². The van der Waals surface area contributed by atoms with Crippen LogP contribution in [-0.4, -0.2) is 43.1 Å². The number of hydrogen-bond donors (Lipinski definition) is 1. The molecular weight excluding hydrogens is 290 g/mol. The van der Waals surface area contributed by atoms with Gasteiger partial charge < -0.3 is 10.1 Å². The highest BCUT2D eigenvalue weighted by atomic mass is 16.5. The van der Waals surface area contributed by atoms with Gasteiger partial charge >= 0.3 is 0 Å². The number of para-hydroxylation sites is 1. The zero-order valence-electron chi connectivity index (χ0n) is 13.9. The first-order valence-corrected chi connectivity index (χ1v) is 8.12. The molecule has 1 aliphatic carbocycles. The van der Waals surface area contributed by atoms with Gasteiger partial charge in [-0.1, -0.05) is 18.2 Å². The molecule has 0 saturated heterocycles. The third-order valence-electron chi connectivity index (χ3n) is 4.13. The van der Waals surface area contributed by atoms with Gasteiger partial charge in [-0.3, -0.25) is 9.69 Å². The Morgan fingerprint density at radius 1 is 1.43 bits per heavy atom. The number of nitrogens with one attached hydrogen (secondary N) is 1. The molecule has 1 saturated carbocycles. The number of ether oxygens (including phenoxy) is 1. The van der Waals surface area contributed by atoms with E-state index in [9.17, 15) is 10.1 Å². The van der Waals surface area contributed by atoms with E-state index in [1.807, 2.05) is 49.2 Å². The number of carbonyl (C=O) groups is 1. The van der Waals surface area contributed by atoms with Crippen LogP contribution in [0.25, 0.3) is 0 Å². The summed E-state index contributed by atoms with van der Waals surface area (Å²) in [6.45, 7) is 3.51. The van der Waals surface area contributed by atoms with Crippen molar-refractivity contribution < 1.29 is 9.53 Å². The first-order valence-electron chi connectivity index (χ1n) is 8.12. The fourth-order valence-corrected chi connectivity index (χ4v) is 2.58. The maximum absolute atomic E-state index is 12.1. The minimum absolute atomic E-state index is 0.0903. The fourth-order valence-electron chi connectivity index (χ4n) is 2.58. The summed E-state index contributed by atoms with van der Waals surface area (Å²) in [5.74, 6) is 1.08. The molecule has 1 aromatic carbocycles. The predicted molar refractivity (Wildman–Crippen MR) is 88.9 cm³/mol. The lowest BCUT2D eigenvalue weighted by Gasteiger charge is -2.24. The molecule has 2 rings (SSSR count). The molecule has 1 atom stereocenters. The van der Waals surface area contributed by atoms with E-state index in [0.717, 1.165) is 31.6 Å². The van der Waals surface area contributed by atoms with Crippen LogP contribution in [0.15, 0.2) is 30.3 Å². The minimum atomic E-state index is -0.714. The molecule has 1 fully saturated rings. The van der Waals surface area contributed by atoms with Gasteiger partial charge in [0.25, 0.3) is 0 Å². The number of nitriles is 1. The van der Waals surface area contributed by atoms with Crippen molar-refractivity contribution in [3.8, 4) is 11.8 Å². The molecule has 5 nitrogen and oxygen atoms in total. The molecule has 0 aromatic heterocycles. The van der Waals surface area contributed by atoms with E-state index < -0.39 is 5.54 Å². The molecule has 23 heavy (non-hydrogen) atoms. The van der Waals surface area contributed by atoms with E-state index in [-0.39, 0.29) is 5.91 Å². The number of hydrogen-bond acceptors (Lipinski definition) is 4. The average molecular weight is 315 g/mol. The van der Waals surface area contributed by atoms with Gasteiger partial charge in [0.05, 0.1) is 19.2 Å². The number of carbonyl (C=O) groups excluding carboxylic acids is 1. The zero-order valence-corrected chi connectivity index (χ0v) is 13.9. The fraction of sp³-hybridized carbons (Fsp3) is 0.556. The van der Waals surface area contributed by atoms with Crippen LogP contribution in [0, 0.1) is 17.2 Å². The van der Waals surface area contributed by atoms with Gasteiger partial charge in [-0.25, -0.2) is 0 Å². The van der Waals surface area contributed by atoms with Crippen LogP contribution in [0.3, 0.4) is 0 Å². The molecule has 0 aliphatic heterocycles. The smallest absolute Gasteiger partial charge is 0.235 e. The molecule has 5 heteroatoms. The van der Waals surface area contributed by atoms with Gasteiger partial charge in [-0.2, -0.15) is 5.26 Å². The van der Waals surface area contributed by atoms with Crippen molar-refractivity contribution in [3.63, 3.8) is 0 Å². The maximum atomic E-state index is 12.1. The molecular formula is C18H25N3O2. The highest BCUT2D eigenvalue weighted by molar-refractivity contribution is 5.79. The van der Waals surface area contributed by atoms with Gasteiger partial charge in [0.2, 0.25) is 5.91 Å². The highest BCUT2D eigenvalue weighted by Crippen LogP contribution is 2.39. The maximum Gasteiger partial charge on any atom is 0.235 e. The lowest BCUT2D eigenvalue weighted by molar-refractivity contribution is -0.123. The Morgan fingerprint density at radius 3 is 2.74 bits per heavy atom. The van der Waals surface area contributed by atoms with Crippen molar-refractivity contribution in [2.24, 2.45) is 5.92 Å². The first kappa shape index (κ1) is 17.3. The Bertz CT molecular complexity index is 551. The van der Waals surface area contributed by atoms with Gasteiger partial charge in [0, 0.05) is 6.54 Å². The summed E-state index contributed by atoms with van der Waals surface area (Å²) >= 11 is 0. The van der Waals surface area contributed by atoms with E-state index in [2.05, 4.69) is 11.4 Å². The lowest BCUT2D eigenvalue weighted by Crippen LogP contribution is -2.49. The third kappa shape index (κ3) is 5.57. The van der Waals surface area contributed by atoms with Crippen LogP contribution in [0.2, 0.25) is 0 Å². The summed E-state index contributed by atoms with van der Waals surface area (Å²) in [7, 11) is 1.91. The summed E-state index contributed by atoms with van der Waals surface area (Å²) in [6.07, 6.45) is 2.89. The highest BCUT2D eigenvalue weighted by Gasteiger charge is 2.42. The summed E-state index contributed by atoms with van der Waals surface area (Å²) in [5, 5.41) is 12.1. The standard InChI is InChI=1S/C18H25N3O2/c1-18(14-19,15-9-10-15)20-17(22)13-21(2)11-6-12-23-16-7-4-3-5-8-16/h3-5,7-8,15H,6,9-13H2,1-2H3,(H,20,22)/t18-/m1/s1. The molecule has 0 radical (unpaired) electrons. The van der Waals surface area contributed by atoms with Crippen LogP contribution in [0.1, 0.15) is 26.2 Å². The van der Waals surface area contributed by atoms with E-state index in [4.69, 9.17) is 4.74 Å². The van der Waals surface area contributed by atoms with Gasteiger partial charge in [-0.15, -0.1) is 0 Å². The average Bonchev–Trinajstić information content (AvgIpc) is 3.37. The zero-order chi connectivity index (χ0) is 16.7. The van der Waals surface area contributed by atoms with Crippen molar-refractivity contribution in [2.45, 2.75) is 31.7 Å². The van der Waals surface area contributed by atoms with Crippen LogP contribution >= 0.6 is 0 Å². The normalized spacial score (nSPS) is 16.4. The van der Waals surface area contributed by atoms with E-state index >= 15 is 0 Å².